The first kappa shape index (κ1) is 30.9. The van der Waals surface area contributed by atoms with Gasteiger partial charge in [-0.1, -0.05) is 60.7 Å². The van der Waals surface area contributed by atoms with Crippen molar-refractivity contribution >= 4 is 29.4 Å². The number of imide groups is 1. The summed E-state index contributed by atoms with van der Waals surface area (Å²) in [5.41, 5.74) is 1.22. The van der Waals surface area contributed by atoms with Crippen molar-refractivity contribution in [1.29, 1.82) is 0 Å². The van der Waals surface area contributed by atoms with Crippen LogP contribution in [0.25, 0.3) is 0 Å². The summed E-state index contributed by atoms with van der Waals surface area (Å²) in [6.07, 6.45) is -4.37. The number of likely N-dealkylation sites (tertiary alicyclic amines) is 2. The van der Waals surface area contributed by atoms with E-state index >= 15 is 0 Å². The molecule has 0 spiro atoms. The molecule has 2 aromatic rings. The monoisotopic (exact) mass is 586 g/mol. The van der Waals surface area contributed by atoms with Gasteiger partial charge >= 0.3 is 12.2 Å². The van der Waals surface area contributed by atoms with Crippen LogP contribution in [-0.4, -0.2) is 83.1 Å². The molecule has 4 rings (SSSR count). The number of amides is 4. The fraction of sp³-hybridized carbons (Fsp3) is 0.433. The van der Waals surface area contributed by atoms with Gasteiger partial charge in [-0.3, -0.25) is 29.4 Å². The summed E-state index contributed by atoms with van der Waals surface area (Å²) >= 11 is 0. The van der Waals surface area contributed by atoms with Crippen LogP contribution in [0.2, 0.25) is 0 Å². The van der Waals surface area contributed by atoms with Crippen molar-refractivity contribution in [2.45, 2.75) is 62.8 Å². The zero-order chi connectivity index (χ0) is 30.3. The van der Waals surface area contributed by atoms with Gasteiger partial charge in [0, 0.05) is 32.4 Å². The van der Waals surface area contributed by atoms with E-state index in [4.69, 9.17) is 0 Å². The minimum atomic E-state index is -5.11. The van der Waals surface area contributed by atoms with Crippen molar-refractivity contribution < 1.29 is 37.1 Å². The van der Waals surface area contributed by atoms with Crippen molar-refractivity contribution in [1.82, 2.24) is 20.4 Å². The molecule has 9 nitrogen and oxygen atoms in total. The highest BCUT2D eigenvalue weighted by Crippen LogP contribution is 2.28. The summed E-state index contributed by atoms with van der Waals surface area (Å²) in [7, 11) is 0. The van der Waals surface area contributed by atoms with Gasteiger partial charge < -0.3 is 10.2 Å². The number of piperidine rings is 1. The number of carbonyl (C=O) groups excluding carboxylic acids is 5. The van der Waals surface area contributed by atoms with E-state index in [1.807, 2.05) is 0 Å². The number of carbonyl (C=O) groups is 5. The highest BCUT2D eigenvalue weighted by molar-refractivity contribution is 6.01. The SMILES string of the molecule is O=C1CCN(C(=O)N[C@@H](Cc2ccccc2)C(=O)NC(=O)[C@@H]2CCCN2[C@H](Cc2ccccc2)C(=O)C(F)(F)F)CC1. The van der Waals surface area contributed by atoms with Crippen molar-refractivity contribution in [2.75, 3.05) is 19.6 Å². The summed E-state index contributed by atoms with van der Waals surface area (Å²) in [6.45, 7) is 0.482. The van der Waals surface area contributed by atoms with Crippen LogP contribution in [0.15, 0.2) is 60.7 Å². The summed E-state index contributed by atoms with van der Waals surface area (Å²) in [4.78, 5) is 66.4. The molecule has 42 heavy (non-hydrogen) atoms. The zero-order valence-electron chi connectivity index (χ0n) is 22.9. The number of nitrogens with zero attached hydrogens (tertiary/aromatic N) is 2. The van der Waals surface area contributed by atoms with Gasteiger partial charge in [0.05, 0.1) is 12.1 Å². The number of benzene rings is 2. The Hall–Kier alpha value is -4.06. The molecule has 2 fully saturated rings. The number of hydrogen-bond donors (Lipinski definition) is 2. The fourth-order valence-corrected chi connectivity index (χ4v) is 5.38. The number of Topliss-reactive ketones (excluding diaryl/α,β-unsaturated/α-hetero) is 2. The van der Waals surface area contributed by atoms with Gasteiger partial charge in [0.15, 0.2) is 0 Å². The van der Waals surface area contributed by atoms with Gasteiger partial charge in [-0.15, -0.1) is 0 Å². The Morgan fingerprint density at radius 3 is 2.00 bits per heavy atom. The quantitative estimate of drug-likeness (QED) is 0.467. The van der Waals surface area contributed by atoms with Crippen LogP contribution in [0.1, 0.15) is 36.8 Å². The van der Waals surface area contributed by atoms with Crippen LogP contribution < -0.4 is 10.6 Å². The fourth-order valence-electron chi connectivity index (χ4n) is 5.38. The van der Waals surface area contributed by atoms with Crippen molar-refractivity contribution in [3.8, 4) is 0 Å². The number of rotatable bonds is 9. The minimum absolute atomic E-state index is 0.0407. The normalized spacial score (nSPS) is 19.2. The van der Waals surface area contributed by atoms with E-state index < -0.39 is 47.9 Å². The Balaban J connectivity index is 1.50. The van der Waals surface area contributed by atoms with Gasteiger partial charge in [0.25, 0.3) is 5.78 Å². The molecule has 2 N–H and O–H groups in total. The molecule has 3 atom stereocenters. The lowest BCUT2D eigenvalue weighted by Gasteiger charge is -2.32. The van der Waals surface area contributed by atoms with Gasteiger partial charge in [-0.2, -0.15) is 13.2 Å². The molecule has 2 saturated heterocycles. The van der Waals surface area contributed by atoms with Gasteiger partial charge in [-0.25, -0.2) is 4.79 Å². The lowest BCUT2D eigenvalue weighted by molar-refractivity contribution is -0.177. The molecule has 0 aliphatic carbocycles. The van der Waals surface area contributed by atoms with E-state index in [0.29, 0.717) is 17.5 Å². The number of urea groups is 1. The number of nitrogens with one attached hydrogen (secondary N) is 2. The molecule has 2 heterocycles. The van der Waals surface area contributed by atoms with E-state index in [0.717, 1.165) is 0 Å². The van der Waals surface area contributed by atoms with Gasteiger partial charge in [0.1, 0.15) is 11.8 Å². The largest absolute Gasteiger partial charge is 0.451 e. The molecule has 0 radical (unpaired) electrons. The Morgan fingerprint density at radius 1 is 0.857 bits per heavy atom. The highest BCUT2D eigenvalue weighted by atomic mass is 19.4. The zero-order valence-corrected chi connectivity index (χ0v) is 22.9. The molecule has 4 amide bonds. The summed E-state index contributed by atoms with van der Waals surface area (Å²) in [5, 5.41) is 4.93. The van der Waals surface area contributed by atoms with Gasteiger partial charge in [-0.05, 0) is 36.9 Å². The third-order valence-electron chi connectivity index (χ3n) is 7.60. The molecule has 0 bridgehead atoms. The summed E-state index contributed by atoms with van der Waals surface area (Å²) in [6, 6.07) is 12.5. The Bertz CT molecular complexity index is 1280. The second kappa shape index (κ2) is 13.7. The Morgan fingerprint density at radius 2 is 1.43 bits per heavy atom. The lowest BCUT2D eigenvalue weighted by atomic mass is 9.99. The van der Waals surface area contributed by atoms with Crippen molar-refractivity contribution in [3.63, 3.8) is 0 Å². The highest BCUT2D eigenvalue weighted by Gasteiger charge is 2.49. The maximum Gasteiger partial charge on any atom is 0.451 e. The van der Waals surface area contributed by atoms with Crippen LogP contribution in [0, 0.1) is 0 Å². The third kappa shape index (κ3) is 8.03. The molecular weight excluding hydrogens is 553 g/mol. The average Bonchev–Trinajstić information content (AvgIpc) is 3.46. The molecule has 0 aromatic heterocycles. The second-order valence-electron chi connectivity index (χ2n) is 10.5. The van der Waals surface area contributed by atoms with Crippen LogP contribution >= 0.6 is 0 Å². The minimum Gasteiger partial charge on any atom is -0.326 e. The number of ketones is 2. The standard InChI is InChI=1S/C30H33F3N4O5/c31-30(32,33)26(39)25(19-21-10-5-2-6-11-21)37-15-7-12-24(37)28(41)35-27(40)23(18-20-8-3-1-4-9-20)34-29(42)36-16-13-22(38)14-17-36/h1-6,8-11,23-25H,7,12-19H2,(H,34,42)(H,35,40,41)/t23-,24-,25+/m0/s1. The first-order valence-electron chi connectivity index (χ1n) is 13.9. The summed E-state index contributed by atoms with van der Waals surface area (Å²) in [5.74, 6) is -3.56. The van der Waals surface area contributed by atoms with E-state index in [2.05, 4.69) is 10.6 Å². The maximum atomic E-state index is 13.6. The molecule has 2 aromatic carbocycles. The topological polar surface area (TPSA) is 116 Å². The number of halogens is 3. The summed E-state index contributed by atoms with van der Waals surface area (Å²) < 4.78 is 40.8. The van der Waals surface area contributed by atoms with E-state index in [1.165, 1.54) is 9.80 Å². The smallest absolute Gasteiger partial charge is 0.326 e. The lowest BCUT2D eigenvalue weighted by Crippen LogP contribution is -2.58. The van der Waals surface area contributed by atoms with Crippen LogP contribution in [-0.2, 0) is 32.0 Å². The first-order valence-corrected chi connectivity index (χ1v) is 13.9. The number of alkyl halides is 3. The van der Waals surface area contributed by atoms with E-state index in [9.17, 15) is 37.1 Å². The molecule has 2 aliphatic rings. The molecule has 0 unspecified atom stereocenters. The van der Waals surface area contributed by atoms with E-state index in [1.54, 1.807) is 60.7 Å². The Kier molecular flexibility index (Phi) is 10.1. The Labute approximate surface area is 241 Å². The van der Waals surface area contributed by atoms with Crippen molar-refractivity contribution in [3.05, 3.63) is 71.8 Å². The first-order chi connectivity index (χ1) is 20.0. The van der Waals surface area contributed by atoms with Crippen LogP contribution in [0.5, 0.6) is 0 Å². The average molecular weight is 587 g/mol. The predicted octanol–water partition coefficient (Wildman–Crippen LogP) is 2.82. The predicted molar refractivity (Wildman–Crippen MR) is 146 cm³/mol. The van der Waals surface area contributed by atoms with E-state index in [-0.39, 0.29) is 57.5 Å². The van der Waals surface area contributed by atoms with Gasteiger partial charge in [0.2, 0.25) is 11.8 Å². The number of hydrogen-bond acceptors (Lipinski definition) is 6. The van der Waals surface area contributed by atoms with Crippen LogP contribution in [0.4, 0.5) is 18.0 Å². The van der Waals surface area contributed by atoms with Crippen LogP contribution in [0.3, 0.4) is 0 Å². The molecule has 2 aliphatic heterocycles. The second-order valence-corrected chi connectivity index (χ2v) is 10.5. The third-order valence-corrected chi connectivity index (χ3v) is 7.60. The molecule has 224 valence electrons. The molecule has 0 saturated carbocycles. The van der Waals surface area contributed by atoms with Crippen molar-refractivity contribution in [2.24, 2.45) is 0 Å². The molecular formula is C30H33F3N4O5. The maximum absolute atomic E-state index is 13.6. The molecule has 12 heteroatoms.